The summed E-state index contributed by atoms with van der Waals surface area (Å²) in [6.07, 6.45) is 1.78. The summed E-state index contributed by atoms with van der Waals surface area (Å²) in [6, 6.07) is 13.9. The van der Waals surface area contributed by atoms with Crippen molar-refractivity contribution in [2.75, 3.05) is 27.0 Å². The number of nitrogens with zero attached hydrogens (tertiary/aromatic N) is 1. The van der Waals surface area contributed by atoms with Gasteiger partial charge in [0.15, 0.2) is 11.5 Å². The molecular formula is C22H26N2O4. The van der Waals surface area contributed by atoms with Gasteiger partial charge in [0.2, 0.25) is 12.7 Å². The Hall–Kier alpha value is -2.73. The van der Waals surface area contributed by atoms with Gasteiger partial charge in [0.25, 0.3) is 0 Å². The second kappa shape index (κ2) is 8.52. The van der Waals surface area contributed by atoms with E-state index in [1.165, 1.54) is 5.56 Å². The minimum absolute atomic E-state index is 0.0891. The lowest BCUT2D eigenvalue weighted by Crippen LogP contribution is -2.40. The first-order valence-electron chi connectivity index (χ1n) is 9.73. The summed E-state index contributed by atoms with van der Waals surface area (Å²) in [5.41, 5.74) is 2.29. The maximum Gasteiger partial charge on any atom is 0.231 e. The van der Waals surface area contributed by atoms with Gasteiger partial charge in [-0.05, 0) is 61.3 Å². The number of methoxy groups -OCH3 is 1. The van der Waals surface area contributed by atoms with Crippen molar-refractivity contribution in [2.24, 2.45) is 5.92 Å². The summed E-state index contributed by atoms with van der Waals surface area (Å²) in [6.45, 7) is 3.58. The van der Waals surface area contributed by atoms with E-state index in [9.17, 15) is 4.79 Å². The molecule has 0 unspecified atom stereocenters. The number of rotatable bonds is 6. The van der Waals surface area contributed by atoms with Crippen LogP contribution in [0.4, 0.5) is 0 Å². The predicted octanol–water partition coefficient (Wildman–Crippen LogP) is 2.95. The van der Waals surface area contributed by atoms with Crippen LogP contribution in [0.3, 0.4) is 0 Å². The molecule has 0 aromatic heterocycles. The molecule has 2 aromatic rings. The first kappa shape index (κ1) is 18.6. The van der Waals surface area contributed by atoms with Gasteiger partial charge in [-0.25, -0.2) is 0 Å². The molecule has 0 saturated carbocycles. The fourth-order valence-corrected chi connectivity index (χ4v) is 3.73. The maximum atomic E-state index is 12.5. The van der Waals surface area contributed by atoms with Crippen LogP contribution in [-0.2, 0) is 17.9 Å². The van der Waals surface area contributed by atoms with Gasteiger partial charge in [-0.1, -0.05) is 18.2 Å². The highest BCUT2D eigenvalue weighted by molar-refractivity contribution is 5.78. The molecule has 4 rings (SSSR count). The first-order chi connectivity index (χ1) is 13.7. The van der Waals surface area contributed by atoms with Gasteiger partial charge < -0.3 is 19.5 Å². The minimum Gasteiger partial charge on any atom is -0.497 e. The van der Waals surface area contributed by atoms with E-state index in [0.29, 0.717) is 13.3 Å². The second-order valence-corrected chi connectivity index (χ2v) is 7.30. The van der Waals surface area contributed by atoms with Crippen LogP contribution in [0.1, 0.15) is 24.0 Å². The molecule has 2 heterocycles. The number of benzene rings is 2. The molecule has 2 aromatic carbocycles. The van der Waals surface area contributed by atoms with Crippen molar-refractivity contribution in [2.45, 2.75) is 25.9 Å². The van der Waals surface area contributed by atoms with Crippen LogP contribution in [0.5, 0.6) is 17.2 Å². The van der Waals surface area contributed by atoms with Crippen LogP contribution in [-0.4, -0.2) is 37.8 Å². The molecule has 1 saturated heterocycles. The van der Waals surface area contributed by atoms with Crippen molar-refractivity contribution < 1.29 is 19.0 Å². The number of carbonyl (C=O) groups excluding carboxylic acids is 1. The van der Waals surface area contributed by atoms with Crippen LogP contribution < -0.4 is 19.5 Å². The average Bonchev–Trinajstić information content (AvgIpc) is 3.21. The van der Waals surface area contributed by atoms with Gasteiger partial charge >= 0.3 is 0 Å². The molecule has 0 aliphatic carbocycles. The zero-order valence-corrected chi connectivity index (χ0v) is 16.1. The largest absolute Gasteiger partial charge is 0.497 e. The summed E-state index contributed by atoms with van der Waals surface area (Å²) in [5.74, 6) is 2.70. The van der Waals surface area contributed by atoms with Crippen molar-refractivity contribution in [1.29, 1.82) is 0 Å². The van der Waals surface area contributed by atoms with Crippen molar-refractivity contribution in [1.82, 2.24) is 10.2 Å². The molecule has 0 spiro atoms. The fraction of sp³-hybridized carbons (Fsp3) is 0.409. The Balaban J connectivity index is 1.22. The summed E-state index contributed by atoms with van der Waals surface area (Å²) < 4.78 is 16.0. The molecule has 2 aliphatic rings. The highest BCUT2D eigenvalue weighted by Crippen LogP contribution is 2.33. The zero-order chi connectivity index (χ0) is 19.3. The van der Waals surface area contributed by atoms with Gasteiger partial charge in [0.05, 0.1) is 7.11 Å². The molecule has 1 N–H and O–H groups in total. The number of ether oxygens (including phenoxy) is 3. The van der Waals surface area contributed by atoms with Crippen molar-refractivity contribution in [3.63, 3.8) is 0 Å². The molecular weight excluding hydrogens is 356 g/mol. The highest BCUT2D eigenvalue weighted by Gasteiger charge is 2.25. The van der Waals surface area contributed by atoms with E-state index in [1.807, 2.05) is 30.3 Å². The molecule has 0 bridgehead atoms. The molecule has 148 valence electrons. The number of amides is 1. The van der Waals surface area contributed by atoms with Crippen LogP contribution >= 0.6 is 0 Å². The molecule has 6 nitrogen and oxygen atoms in total. The smallest absolute Gasteiger partial charge is 0.231 e. The lowest BCUT2D eigenvalue weighted by Gasteiger charge is -2.31. The van der Waals surface area contributed by atoms with Gasteiger partial charge in [-0.15, -0.1) is 0 Å². The Morgan fingerprint density at radius 1 is 1.07 bits per heavy atom. The number of nitrogens with one attached hydrogen (secondary N) is 1. The predicted molar refractivity (Wildman–Crippen MR) is 105 cm³/mol. The average molecular weight is 382 g/mol. The van der Waals surface area contributed by atoms with E-state index in [0.717, 1.165) is 55.3 Å². The van der Waals surface area contributed by atoms with E-state index in [2.05, 4.69) is 22.3 Å². The first-order valence-corrected chi connectivity index (χ1v) is 9.73. The maximum absolute atomic E-state index is 12.5. The van der Waals surface area contributed by atoms with Crippen LogP contribution in [0.25, 0.3) is 0 Å². The van der Waals surface area contributed by atoms with Gasteiger partial charge in [0.1, 0.15) is 5.75 Å². The third-order valence-electron chi connectivity index (χ3n) is 5.43. The molecule has 0 atom stereocenters. The van der Waals surface area contributed by atoms with E-state index in [-0.39, 0.29) is 11.8 Å². The third-order valence-corrected chi connectivity index (χ3v) is 5.43. The number of hydrogen-bond donors (Lipinski definition) is 1. The number of fused-ring (bicyclic) bond motifs is 1. The summed E-state index contributed by atoms with van der Waals surface area (Å²) in [7, 11) is 1.65. The molecule has 0 radical (unpaired) electrons. The topological polar surface area (TPSA) is 60.0 Å². The number of hydrogen-bond acceptors (Lipinski definition) is 5. The number of likely N-dealkylation sites (tertiary alicyclic amines) is 1. The normalized spacial score (nSPS) is 16.8. The highest BCUT2D eigenvalue weighted by atomic mass is 16.7. The van der Waals surface area contributed by atoms with Crippen LogP contribution in [0.15, 0.2) is 42.5 Å². The van der Waals surface area contributed by atoms with Crippen LogP contribution in [0, 0.1) is 5.92 Å². The van der Waals surface area contributed by atoms with E-state index >= 15 is 0 Å². The van der Waals surface area contributed by atoms with Crippen molar-refractivity contribution in [3.05, 3.63) is 53.6 Å². The molecule has 28 heavy (non-hydrogen) atoms. The molecule has 6 heteroatoms. The minimum atomic E-state index is 0.0891. The Morgan fingerprint density at radius 2 is 1.79 bits per heavy atom. The lowest BCUT2D eigenvalue weighted by molar-refractivity contribution is -0.126. The van der Waals surface area contributed by atoms with E-state index < -0.39 is 0 Å². The van der Waals surface area contributed by atoms with Gasteiger partial charge in [0, 0.05) is 19.0 Å². The molecule has 1 fully saturated rings. The molecule has 1 amide bonds. The Labute approximate surface area is 165 Å². The monoisotopic (exact) mass is 382 g/mol. The molecule has 2 aliphatic heterocycles. The summed E-state index contributed by atoms with van der Waals surface area (Å²) >= 11 is 0. The van der Waals surface area contributed by atoms with E-state index in [1.54, 1.807) is 7.11 Å². The van der Waals surface area contributed by atoms with Crippen molar-refractivity contribution in [3.8, 4) is 17.2 Å². The Bertz CT molecular complexity index is 814. The summed E-state index contributed by atoms with van der Waals surface area (Å²) in [5, 5.41) is 3.07. The van der Waals surface area contributed by atoms with Crippen LogP contribution in [0.2, 0.25) is 0 Å². The quantitative estimate of drug-likeness (QED) is 0.832. The van der Waals surface area contributed by atoms with E-state index in [4.69, 9.17) is 14.2 Å². The van der Waals surface area contributed by atoms with Gasteiger partial charge in [-0.3, -0.25) is 9.69 Å². The third kappa shape index (κ3) is 4.39. The fourth-order valence-electron chi connectivity index (χ4n) is 3.73. The Morgan fingerprint density at radius 3 is 2.54 bits per heavy atom. The zero-order valence-electron chi connectivity index (χ0n) is 16.1. The Kier molecular flexibility index (Phi) is 5.67. The standard InChI is InChI=1S/C22H26N2O4/c1-26-19-5-2-16(3-6-19)13-23-22(25)18-8-10-24(11-9-18)14-17-4-7-20-21(12-17)28-15-27-20/h2-7,12,18H,8-11,13-15H2,1H3,(H,23,25). The van der Waals surface area contributed by atoms with Gasteiger partial charge in [-0.2, -0.15) is 0 Å². The second-order valence-electron chi connectivity index (χ2n) is 7.30. The lowest BCUT2D eigenvalue weighted by atomic mass is 9.95. The van der Waals surface area contributed by atoms with Crippen molar-refractivity contribution >= 4 is 5.91 Å². The number of piperidine rings is 1. The SMILES string of the molecule is COc1ccc(CNC(=O)C2CCN(Cc3ccc4c(c3)OCO4)CC2)cc1. The summed E-state index contributed by atoms with van der Waals surface area (Å²) in [4.78, 5) is 14.9. The number of carbonyl (C=O) groups is 1.